The standard InChI is InChI=1S/C16H25NO4/c1-10(2)7-16(4,5)9-17-15(20)14-11(3)8-21-12(14)6-13(18)19/h8,10H,6-7,9H2,1-5H3,(H,17,20)(H,18,19). The van der Waals surface area contributed by atoms with Crippen LogP contribution < -0.4 is 5.32 Å². The van der Waals surface area contributed by atoms with Gasteiger partial charge in [0.05, 0.1) is 11.8 Å². The van der Waals surface area contributed by atoms with E-state index in [9.17, 15) is 9.59 Å². The number of nitrogens with one attached hydrogen (secondary N) is 1. The predicted octanol–water partition coefficient (Wildman–Crippen LogP) is 3.02. The molecule has 118 valence electrons. The summed E-state index contributed by atoms with van der Waals surface area (Å²) >= 11 is 0. The van der Waals surface area contributed by atoms with Crippen LogP contribution in [0.2, 0.25) is 0 Å². The van der Waals surface area contributed by atoms with Gasteiger partial charge in [-0.2, -0.15) is 0 Å². The van der Waals surface area contributed by atoms with Gasteiger partial charge in [-0.25, -0.2) is 0 Å². The van der Waals surface area contributed by atoms with Crippen molar-refractivity contribution in [2.45, 2.75) is 47.5 Å². The van der Waals surface area contributed by atoms with Crippen LogP contribution in [-0.2, 0) is 11.2 Å². The average molecular weight is 295 g/mol. The molecule has 0 aromatic carbocycles. The molecule has 0 spiro atoms. The van der Waals surface area contributed by atoms with Gasteiger partial charge in [-0.15, -0.1) is 0 Å². The maximum absolute atomic E-state index is 12.3. The number of amides is 1. The van der Waals surface area contributed by atoms with Crippen LogP contribution in [0.3, 0.4) is 0 Å². The summed E-state index contributed by atoms with van der Waals surface area (Å²) in [6.07, 6.45) is 2.14. The molecule has 2 N–H and O–H groups in total. The smallest absolute Gasteiger partial charge is 0.311 e. The van der Waals surface area contributed by atoms with Crippen LogP contribution in [0.4, 0.5) is 0 Å². The Morgan fingerprint density at radius 2 is 2.00 bits per heavy atom. The number of carboxylic acid groups (broad SMARTS) is 1. The number of furan rings is 1. The Hall–Kier alpha value is -1.78. The fourth-order valence-electron chi connectivity index (χ4n) is 2.66. The Kier molecular flexibility index (Phi) is 5.58. The summed E-state index contributed by atoms with van der Waals surface area (Å²) in [5.74, 6) is -0.526. The number of carbonyl (C=O) groups excluding carboxylic acids is 1. The van der Waals surface area contributed by atoms with Crippen molar-refractivity contribution in [3.05, 3.63) is 23.2 Å². The lowest BCUT2D eigenvalue weighted by atomic mass is 9.84. The molecular weight excluding hydrogens is 270 g/mol. The molecule has 0 atom stereocenters. The molecule has 1 aromatic rings. The van der Waals surface area contributed by atoms with Gasteiger partial charge in [0, 0.05) is 12.1 Å². The summed E-state index contributed by atoms with van der Waals surface area (Å²) in [7, 11) is 0. The zero-order chi connectivity index (χ0) is 16.2. The first kappa shape index (κ1) is 17.3. The molecule has 0 bridgehead atoms. The number of hydrogen-bond acceptors (Lipinski definition) is 3. The topological polar surface area (TPSA) is 79.5 Å². The molecule has 0 aliphatic heterocycles. The van der Waals surface area contributed by atoms with Crippen molar-refractivity contribution in [3.63, 3.8) is 0 Å². The zero-order valence-electron chi connectivity index (χ0n) is 13.4. The van der Waals surface area contributed by atoms with Gasteiger partial charge in [-0.05, 0) is 24.7 Å². The Balaban J connectivity index is 2.76. The average Bonchev–Trinajstić information content (AvgIpc) is 2.65. The molecule has 21 heavy (non-hydrogen) atoms. The predicted molar refractivity (Wildman–Crippen MR) is 80.4 cm³/mol. The second-order valence-electron chi connectivity index (χ2n) is 6.73. The molecule has 0 saturated carbocycles. The quantitative estimate of drug-likeness (QED) is 0.810. The van der Waals surface area contributed by atoms with Crippen LogP contribution in [0, 0.1) is 18.3 Å². The molecule has 1 rings (SSSR count). The first-order valence-electron chi connectivity index (χ1n) is 7.19. The molecule has 0 saturated heterocycles. The third kappa shape index (κ3) is 5.25. The maximum atomic E-state index is 12.3. The molecule has 0 aliphatic rings. The highest BCUT2D eigenvalue weighted by atomic mass is 16.4. The zero-order valence-corrected chi connectivity index (χ0v) is 13.4. The second-order valence-corrected chi connectivity index (χ2v) is 6.73. The van der Waals surface area contributed by atoms with Gasteiger partial charge in [0.25, 0.3) is 5.91 Å². The number of aryl methyl sites for hydroxylation is 1. The molecule has 5 nitrogen and oxygen atoms in total. The molecule has 0 aliphatic carbocycles. The van der Waals surface area contributed by atoms with E-state index >= 15 is 0 Å². The second kappa shape index (κ2) is 6.78. The van der Waals surface area contributed by atoms with Crippen molar-refractivity contribution in [1.29, 1.82) is 0 Å². The molecule has 1 heterocycles. The van der Waals surface area contributed by atoms with Crippen molar-refractivity contribution >= 4 is 11.9 Å². The van der Waals surface area contributed by atoms with Gasteiger partial charge in [-0.1, -0.05) is 27.7 Å². The summed E-state index contributed by atoms with van der Waals surface area (Å²) in [6.45, 7) is 10.8. The van der Waals surface area contributed by atoms with E-state index in [1.807, 2.05) is 0 Å². The van der Waals surface area contributed by atoms with Gasteiger partial charge in [0.1, 0.15) is 12.2 Å². The third-order valence-corrected chi connectivity index (χ3v) is 3.28. The minimum Gasteiger partial charge on any atom is -0.481 e. The highest BCUT2D eigenvalue weighted by Gasteiger charge is 2.24. The molecule has 0 unspecified atom stereocenters. The molecule has 0 radical (unpaired) electrons. The summed E-state index contributed by atoms with van der Waals surface area (Å²) in [5, 5.41) is 11.7. The van der Waals surface area contributed by atoms with E-state index in [1.54, 1.807) is 6.92 Å². The van der Waals surface area contributed by atoms with E-state index in [-0.39, 0.29) is 23.5 Å². The van der Waals surface area contributed by atoms with Crippen LogP contribution in [0.15, 0.2) is 10.7 Å². The summed E-state index contributed by atoms with van der Waals surface area (Å²) in [4.78, 5) is 23.1. The third-order valence-electron chi connectivity index (χ3n) is 3.28. The van der Waals surface area contributed by atoms with E-state index in [0.717, 1.165) is 6.42 Å². The van der Waals surface area contributed by atoms with Gasteiger partial charge in [-0.3, -0.25) is 9.59 Å². The Bertz CT molecular complexity index is 514. The summed E-state index contributed by atoms with van der Waals surface area (Å²) in [5.41, 5.74) is 0.997. The number of carbonyl (C=O) groups is 2. The highest BCUT2D eigenvalue weighted by molar-refractivity contribution is 5.97. The van der Waals surface area contributed by atoms with E-state index in [2.05, 4.69) is 33.0 Å². The lowest BCUT2D eigenvalue weighted by Crippen LogP contribution is -2.35. The van der Waals surface area contributed by atoms with Crippen LogP contribution in [-0.4, -0.2) is 23.5 Å². The highest BCUT2D eigenvalue weighted by Crippen LogP contribution is 2.25. The van der Waals surface area contributed by atoms with E-state index in [1.165, 1.54) is 6.26 Å². The molecule has 1 aromatic heterocycles. The van der Waals surface area contributed by atoms with Gasteiger partial charge >= 0.3 is 5.97 Å². The lowest BCUT2D eigenvalue weighted by Gasteiger charge is -2.27. The van der Waals surface area contributed by atoms with Crippen LogP contribution in [0.1, 0.15) is 55.8 Å². The van der Waals surface area contributed by atoms with Crippen molar-refractivity contribution in [1.82, 2.24) is 5.32 Å². The van der Waals surface area contributed by atoms with Crippen molar-refractivity contribution < 1.29 is 19.1 Å². The summed E-state index contributed by atoms with van der Waals surface area (Å²) < 4.78 is 5.18. The normalized spacial score (nSPS) is 11.7. The number of carboxylic acids is 1. The Labute approximate surface area is 125 Å². The fraction of sp³-hybridized carbons (Fsp3) is 0.625. The number of hydrogen-bond donors (Lipinski definition) is 2. The van der Waals surface area contributed by atoms with Gasteiger partial charge in [0.2, 0.25) is 0 Å². The van der Waals surface area contributed by atoms with Crippen LogP contribution in [0.25, 0.3) is 0 Å². The Morgan fingerprint density at radius 3 is 2.52 bits per heavy atom. The summed E-state index contributed by atoms with van der Waals surface area (Å²) in [6, 6.07) is 0. The molecular formula is C16H25NO4. The van der Waals surface area contributed by atoms with Crippen molar-refractivity contribution in [3.8, 4) is 0 Å². The first-order chi connectivity index (χ1) is 9.62. The van der Waals surface area contributed by atoms with E-state index in [4.69, 9.17) is 9.52 Å². The monoisotopic (exact) mass is 295 g/mol. The molecule has 1 amide bonds. The number of rotatable bonds is 7. The molecule has 5 heteroatoms. The van der Waals surface area contributed by atoms with Crippen LogP contribution >= 0.6 is 0 Å². The van der Waals surface area contributed by atoms with Crippen LogP contribution in [0.5, 0.6) is 0 Å². The van der Waals surface area contributed by atoms with Crippen molar-refractivity contribution in [2.75, 3.05) is 6.54 Å². The maximum Gasteiger partial charge on any atom is 0.311 e. The minimum absolute atomic E-state index is 0.00553. The fourth-order valence-corrected chi connectivity index (χ4v) is 2.66. The minimum atomic E-state index is -1.02. The van der Waals surface area contributed by atoms with Gasteiger partial charge < -0.3 is 14.8 Å². The van der Waals surface area contributed by atoms with E-state index in [0.29, 0.717) is 23.6 Å². The lowest BCUT2D eigenvalue weighted by molar-refractivity contribution is -0.136. The first-order valence-corrected chi connectivity index (χ1v) is 7.19. The van der Waals surface area contributed by atoms with Gasteiger partial charge in [0.15, 0.2) is 0 Å². The number of aliphatic carboxylic acids is 1. The van der Waals surface area contributed by atoms with E-state index < -0.39 is 5.97 Å². The molecule has 0 fully saturated rings. The largest absolute Gasteiger partial charge is 0.481 e. The SMILES string of the molecule is Cc1coc(CC(=O)O)c1C(=O)NCC(C)(C)CC(C)C. The van der Waals surface area contributed by atoms with Crippen molar-refractivity contribution in [2.24, 2.45) is 11.3 Å². The Morgan fingerprint density at radius 1 is 1.38 bits per heavy atom.